The molecule has 7 rings (SSSR count). The normalized spacial score (nSPS) is 16.0. The van der Waals surface area contributed by atoms with Crippen LogP contribution in [0.25, 0.3) is 21.6 Å². The van der Waals surface area contributed by atoms with Gasteiger partial charge in [-0.2, -0.15) is 0 Å². The molecular weight excluding hydrogens is 707 g/mol. The van der Waals surface area contributed by atoms with Gasteiger partial charge in [0.25, 0.3) is 5.91 Å². The summed E-state index contributed by atoms with van der Waals surface area (Å²) >= 11 is 1.64. The Balaban J connectivity index is 1.30. The van der Waals surface area contributed by atoms with E-state index < -0.39 is 11.6 Å². The molecule has 0 spiro atoms. The summed E-state index contributed by atoms with van der Waals surface area (Å²) in [6.45, 7) is 0.676. The molecule has 1 heterocycles. The summed E-state index contributed by atoms with van der Waals surface area (Å²) in [5, 5.41) is 16.4. The zero-order chi connectivity index (χ0) is 37.9. The molecular formula is C45H39N5O4S. The number of amides is 1. The lowest BCUT2D eigenvalue weighted by Gasteiger charge is -2.31. The molecule has 0 bridgehead atoms. The average molecular weight is 746 g/mol. The topological polar surface area (TPSA) is 129 Å². The molecule has 0 aliphatic carbocycles. The highest BCUT2D eigenvalue weighted by Gasteiger charge is 2.53. The fraction of sp³-hybridized carbons (Fsp3) is 0.156. The second-order valence-electron chi connectivity index (χ2n) is 13.0. The number of carbonyl (C=O) groups is 1. The molecule has 55 heavy (non-hydrogen) atoms. The quantitative estimate of drug-likeness (QED) is 0.0468. The molecule has 274 valence electrons. The highest BCUT2D eigenvalue weighted by molar-refractivity contribution is 7.99. The molecule has 0 unspecified atom stereocenters. The number of benzene rings is 6. The van der Waals surface area contributed by atoms with Crippen molar-refractivity contribution in [2.75, 3.05) is 13.2 Å². The van der Waals surface area contributed by atoms with Crippen molar-refractivity contribution in [1.29, 1.82) is 0 Å². The summed E-state index contributed by atoms with van der Waals surface area (Å²) in [6.07, 6.45) is -0.237. The standard InChI is InChI=1S/C45H39N5O4S/c46-50-49-40-18-9-7-14-36(40)30-45(44(52)47-31-37-15-8-10-19-41(37)55-39-16-5-2-6-17-39)42(34-22-20-33(21-23-34)32-12-3-1-4-13-32)54-43(48-45)35-24-26-38(27-25-35)53-29-11-28-51/h1-10,12-27,42,51H,11,28-31H2,(H,47,52)/t42-,45-/m1/s1. The number of hydrogen-bond acceptors (Lipinski definition) is 7. The van der Waals surface area contributed by atoms with Crippen molar-refractivity contribution in [2.45, 2.75) is 40.8 Å². The third kappa shape index (κ3) is 8.74. The molecule has 9 nitrogen and oxygen atoms in total. The lowest BCUT2D eigenvalue weighted by atomic mass is 9.81. The summed E-state index contributed by atoms with van der Waals surface area (Å²) in [6, 6.07) is 50.8. The molecule has 6 aromatic carbocycles. The molecule has 0 saturated carbocycles. The van der Waals surface area contributed by atoms with Crippen LogP contribution < -0.4 is 10.1 Å². The minimum absolute atomic E-state index is 0.0425. The molecule has 0 fully saturated rings. The van der Waals surface area contributed by atoms with E-state index in [1.165, 1.54) is 0 Å². The van der Waals surface area contributed by atoms with Crippen LogP contribution in [0.3, 0.4) is 0 Å². The monoisotopic (exact) mass is 745 g/mol. The van der Waals surface area contributed by atoms with E-state index in [1.54, 1.807) is 23.9 Å². The van der Waals surface area contributed by atoms with E-state index in [2.05, 4.69) is 39.6 Å². The molecule has 6 aromatic rings. The van der Waals surface area contributed by atoms with Crippen LogP contribution in [0.4, 0.5) is 5.69 Å². The Kier molecular flexibility index (Phi) is 11.9. The Bertz CT molecular complexity index is 2300. The minimum Gasteiger partial charge on any atom is -0.494 e. The zero-order valence-corrected chi connectivity index (χ0v) is 30.8. The highest BCUT2D eigenvalue weighted by atomic mass is 32.2. The molecule has 2 N–H and O–H groups in total. The van der Waals surface area contributed by atoms with Gasteiger partial charge in [-0.15, -0.1) is 0 Å². The molecule has 1 aliphatic heterocycles. The van der Waals surface area contributed by atoms with Crippen molar-refractivity contribution in [2.24, 2.45) is 10.1 Å². The van der Waals surface area contributed by atoms with Gasteiger partial charge in [0.05, 0.1) is 6.61 Å². The maximum absolute atomic E-state index is 15.1. The largest absolute Gasteiger partial charge is 0.494 e. The lowest BCUT2D eigenvalue weighted by molar-refractivity contribution is -0.129. The van der Waals surface area contributed by atoms with Gasteiger partial charge < -0.3 is 19.9 Å². The van der Waals surface area contributed by atoms with Crippen molar-refractivity contribution in [1.82, 2.24) is 5.32 Å². The third-order valence-corrected chi connectivity index (χ3v) is 10.5. The number of aliphatic hydroxyl groups excluding tert-OH is 1. The Labute approximate surface area is 324 Å². The summed E-state index contributed by atoms with van der Waals surface area (Å²) in [7, 11) is 0. The van der Waals surface area contributed by atoms with E-state index in [-0.39, 0.29) is 25.5 Å². The maximum Gasteiger partial charge on any atom is 0.252 e. The van der Waals surface area contributed by atoms with E-state index in [0.29, 0.717) is 41.5 Å². The number of aliphatic hydroxyl groups is 1. The molecule has 0 aromatic heterocycles. The van der Waals surface area contributed by atoms with E-state index in [4.69, 9.17) is 14.5 Å². The Morgan fingerprint density at radius 3 is 2.16 bits per heavy atom. The van der Waals surface area contributed by atoms with Gasteiger partial charge in [0.1, 0.15) is 5.75 Å². The highest BCUT2D eigenvalue weighted by Crippen LogP contribution is 2.44. The van der Waals surface area contributed by atoms with Crippen LogP contribution in [0, 0.1) is 0 Å². The van der Waals surface area contributed by atoms with Gasteiger partial charge in [0.2, 0.25) is 5.90 Å². The number of hydrogen-bond donors (Lipinski definition) is 2. The molecule has 2 atom stereocenters. The van der Waals surface area contributed by atoms with Crippen LogP contribution in [-0.4, -0.2) is 35.7 Å². The van der Waals surface area contributed by atoms with Crippen LogP contribution in [0.5, 0.6) is 5.75 Å². The first-order valence-corrected chi connectivity index (χ1v) is 18.9. The number of azide groups is 1. The first-order valence-electron chi connectivity index (χ1n) is 18.0. The van der Waals surface area contributed by atoms with Crippen LogP contribution in [0.2, 0.25) is 0 Å². The molecule has 0 saturated heterocycles. The third-order valence-electron chi connectivity index (χ3n) is 9.34. The zero-order valence-electron chi connectivity index (χ0n) is 30.0. The minimum atomic E-state index is -1.51. The first-order chi connectivity index (χ1) is 27.1. The number of aliphatic imine (C=N–C) groups is 1. The number of carbonyl (C=O) groups excluding carboxylic acids is 1. The van der Waals surface area contributed by atoms with Crippen molar-refractivity contribution >= 4 is 29.3 Å². The number of nitrogens with one attached hydrogen (secondary N) is 1. The van der Waals surface area contributed by atoms with Crippen LogP contribution in [0.1, 0.15) is 34.8 Å². The molecule has 1 amide bonds. The predicted octanol–water partition coefficient (Wildman–Crippen LogP) is 10.0. The van der Waals surface area contributed by atoms with Gasteiger partial charge in [-0.3, -0.25) is 4.79 Å². The summed E-state index contributed by atoms with van der Waals surface area (Å²) in [4.78, 5) is 25.5. The second kappa shape index (κ2) is 17.7. The van der Waals surface area contributed by atoms with Gasteiger partial charge in [-0.25, -0.2) is 4.99 Å². The summed E-state index contributed by atoms with van der Waals surface area (Å²) in [5.41, 5.74) is 13.5. The molecule has 1 aliphatic rings. The smallest absolute Gasteiger partial charge is 0.252 e. The average Bonchev–Trinajstić information content (AvgIpc) is 3.62. The van der Waals surface area contributed by atoms with Crippen LogP contribution >= 0.6 is 11.8 Å². The Hall–Kier alpha value is -6.32. The van der Waals surface area contributed by atoms with Gasteiger partial charge in [0.15, 0.2) is 11.6 Å². The molecule has 0 radical (unpaired) electrons. The summed E-state index contributed by atoms with van der Waals surface area (Å²) < 4.78 is 12.6. The predicted molar refractivity (Wildman–Crippen MR) is 216 cm³/mol. The SMILES string of the molecule is [N-]=[N+]=Nc1ccccc1C[C@@]1(C(=O)NCc2ccccc2Sc2ccccc2)N=C(c2ccc(OCCCO)cc2)O[C@@H]1c1ccc(-c2ccccc2)cc1. The van der Waals surface area contributed by atoms with Crippen LogP contribution in [0.15, 0.2) is 178 Å². The first kappa shape index (κ1) is 37.0. The van der Waals surface area contributed by atoms with E-state index in [9.17, 15) is 10.6 Å². The van der Waals surface area contributed by atoms with Crippen LogP contribution in [-0.2, 0) is 22.5 Å². The van der Waals surface area contributed by atoms with E-state index in [0.717, 1.165) is 32.0 Å². The fourth-order valence-electron chi connectivity index (χ4n) is 6.55. The van der Waals surface area contributed by atoms with Crippen molar-refractivity contribution in [3.63, 3.8) is 0 Å². The van der Waals surface area contributed by atoms with Gasteiger partial charge in [-0.05, 0) is 75.8 Å². The number of ether oxygens (including phenoxy) is 2. The van der Waals surface area contributed by atoms with E-state index in [1.807, 2.05) is 121 Å². The van der Waals surface area contributed by atoms with Crippen molar-refractivity contribution in [3.8, 4) is 16.9 Å². The van der Waals surface area contributed by atoms with Gasteiger partial charge in [0, 0.05) is 51.9 Å². The van der Waals surface area contributed by atoms with Gasteiger partial charge >= 0.3 is 0 Å². The maximum atomic E-state index is 15.1. The molecule has 10 heteroatoms. The fourth-order valence-corrected chi connectivity index (χ4v) is 7.52. The van der Waals surface area contributed by atoms with Crippen molar-refractivity contribution in [3.05, 3.63) is 190 Å². The van der Waals surface area contributed by atoms with Crippen molar-refractivity contribution < 1.29 is 19.4 Å². The number of rotatable bonds is 15. The lowest BCUT2D eigenvalue weighted by Crippen LogP contribution is -2.49. The summed E-state index contributed by atoms with van der Waals surface area (Å²) in [5.74, 6) is 0.609. The Morgan fingerprint density at radius 1 is 0.800 bits per heavy atom. The number of nitrogens with zero attached hydrogens (tertiary/aromatic N) is 4. The Morgan fingerprint density at radius 2 is 1.44 bits per heavy atom. The van der Waals surface area contributed by atoms with E-state index >= 15 is 4.79 Å². The second-order valence-corrected chi connectivity index (χ2v) is 14.1. The van der Waals surface area contributed by atoms with Gasteiger partial charge in [-0.1, -0.05) is 132 Å².